The van der Waals surface area contributed by atoms with E-state index in [9.17, 15) is 0 Å². The van der Waals surface area contributed by atoms with Crippen LogP contribution in [-0.2, 0) is 5.41 Å². The van der Waals surface area contributed by atoms with Gasteiger partial charge in [0.15, 0.2) is 0 Å². The predicted molar refractivity (Wildman–Crippen MR) is 171 cm³/mol. The fraction of sp³-hybridized carbons (Fsp3) is 0.128. The lowest BCUT2D eigenvalue weighted by Crippen LogP contribution is -2.16. The van der Waals surface area contributed by atoms with Crippen molar-refractivity contribution in [3.05, 3.63) is 150 Å². The van der Waals surface area contributed by atoms with E-state index < -0.39 is 0 Å². The number of nitrogens with one attached hydrogen (secondary N) is 1. The number of hydrogen-bond acceptors (Lipinski definition) is 1. The zero-order chi connectivity index (χ0) is 27.1. The number of allylic oxidation sites excluding steroid dienone is 4. The molecule has 0 bridgehead atoms. The quantitative estimate of drug-likeness (QED) is 0.245. The highest BCUT2D eigenvalue weighted by molar-refractivity contribution is 5.96. The first-order chi connectivity index (χ1) is 19.6. The van der Waals surface area contributed by atoms with Crippen molar-refractivity contribution in [2.45, 2.75) is 32.1 Å². The average Bonchev–Trinajstić information content (AvgIpc) is 3.24. The van der Waals surface area contributed by atoms with Gasteiger partial charge in [-0.2, -0.15) is 0 Å². The summed E-state index contributed by atoms with van der Waals surface area (Å²) in [6.45, 7) is 4.73. The lowest BCUT2D eigenvalue weighted by atomic mass is 9.80. The molecule has 40 heavy (non-hydrogen) atoms. The van der Waals surface area contributed by atoms with Crippen LogP contribution in [0.1, 0.15) is 37.8 Å². The summed E-state index contributed by atoms with van der Waals surface area (Å²) < 4.78 is 0. The molecule has 0 aliphatic heterocycles. The van der Waals surface area contributed by atoms with Gasteiger partial charge in [-0.3, -0.25) is 0 Å². The van der Waals surface area contributed by atoms with Gasteiger partial charge < -0.3 is 5.32 Å². The molecular formula is C39H33N. The van der Waals surface area contributed by atoms with Crippen molar-refractivity contribution in [2.24, 2.45) is 0 Å². The van der Waals surface area contributed by atoms with Gasteiger partial charge in [0.2, 0.25) is 0 Å². The Morgan fingerprint density at radius 2 is 1.10 bits per heavy atom. The molecule has 0 unspecified atom stereocenters. The molecule has 0 saturated carbocycles. The molecule has 0 spiro atoms. The fourth-order valence-electron chi connectivity index (χ4n) is 6.56. The molecule has 1 heteroatoms. The van der Waals surface area contributed by atoms with E-state index in [1.165, 1.54) is 55.7 Å². The van der Waals surface area contributed by atoms with Crippen LogP contribution < -0.4 is 5.32 Å². The maximum absolute atomic E-state index is 3.81. The van der Waals surface area contributed by atoms with Crippen LogP contribution in [0, 0.1) is 0 Å². The topological polar surface area (TPSA) is 12.0 Å². The fourth-order valence-corrected chi connectivity index (χ4v) is 6.56. The Balaban J connectivity index is 1.31. The highest BCUT2D eigenvalue weighted by Gasteiger charge is 2.38. The third kappa shape index (κ3) is 4.10. The minimum absolute atomic E-state index is 0.0204. The molecule has 1 N–H and O–H groups in total. The largest absolute Gasteiger partial charge is 0.355 e. The Morgan fingerprint density at radius 3 is 1.85 bits per heavy atom. The standard InChI is InChI=1S/C39H33N/c1-39(2)36-22-12-10-20-33(36)34-25-24-28(26-37(34)39)40-38-23-13-11-21-35(38)32-19-9-8-18-31(32)30-17-7-6-16-29(30)27-14-4-3-5-15-27/h3-9,11,13-26,40H,10,12H2,1-2H3. The minimum atomic E-state index is 0.0204. The van der Waals surface area contributed by atoms with Crippen molar-refractivity contribution < 1.29 is 0 Å². The predicted octanol–water partition coefficient (Wildman–Crippen LogP) is 10.8. The summed E-state index contributed by atoms with van der Waals surface area (Å²) >= 11 is 0. The Hall–Kier alpha value is -4.62. The lowest BCUT2D eigenvalue weighted by molar-refractivity contribution is 0.655. The van der Waals surface area contributed by atoms with Crippen LogP contribution in [0.4, 0.5) is 11.4 Å². The Bertz CT molecular complexity index is 1790. The van der Waals surface area contributed by atoms with E-state index in [2.05, 4.69) is 153 Å². The number of benzene rings is 5. The molecule has 0 atom stereocenters. The molecule has 5 aromatic carbocycles. The molecule has 194 valence electrons. The van der Waals surface area contributed by atoms with E-state index in [1.807, 2.05) is 0 Å². The monoisotopic (exact) mass is 515 g/mol. The van der Waals surface area contributed by atoms with Crippen LogP contribution >= 0.6 is 0 Å². The van der Waals surface area contributed by atoms with Crippen LogP contribution in [0.2, 0.25) is 0 Å². The summed E-state index contributed by atoms with van der Waals surface area (Å²) in [6, 6.07) is 43.7. The van der Waals surface area contributed by atoms with Crippen molar-refractivity contribution in [3.8, 4) is 33.4 Å². The van der Waals surface area contributed by atoms with Crippen molar-refractivity contribution in [1.29, 1.82) is 0 Å². The molecule has 0 heterocycles. The maximum Gasteiger partial charge on any atom is 0.0464 e. The van der Waals surface area contributed by atoms with Gasteiger partial charge in [-0.1, -0.05) is 129 Å². The van der Waals surface area contributed by atoms with Gasteiger partial charge in [-0.05, 0) is 81.1 Å². The molecule has 7 rings (SSSR count). The van der Waals surface area contributed by atoms with Crippen LogP contribution in [0.3, 0.4) is 0 Å². The first-order valence-corrected chi connectivity index (χ1v) is 14.3. The molecule has 0 radical (unpaired) electrons. The number of fused-ring (bicyclic) bond motifs is 3. The summed E-state index contributed by atoms with van der Waals surface area (Å²) in [5.74, 6) is 0. The van der Waals surface area contributed by atoms with Gasteiger partial charge in [-0.25, -0.2) is 0 Å². The highest BCUT2D eigenvalue weighted by atomic mass is 14.9. The molecule has 0 fully saturated rings. The highest BCUT2D eigenvalue weighted by Crippen LogP contribution is 2.52. The van der Waals surface area contributed by atoms with Gasteiger partial charge in [-0.15, -0.1) is 0 Å². The van der Waals surface area contributed by atoms with Crippen molar-refractivity contribution >= 4 is 16.9 Å². The van der Waals surface area contributed by atoms with Gasteiger partial charge >= 0.3 is 0 Å². The third-order valence-corrected chi connectivity index (χ3v) is 8.54. The summed E-state index contributed by atoms with van der Waals surface area (Å²) in [4.78, 5) is 0. The zero-order valence-corrected chi connectivity index (χ0v) is 23.1. The number of hydrogen-bond donors (Lipinski definition) is 1. The first kappa shape index (κ1) is 24.4. The Morgan fingerprint density at radius 1 is 0.525 bits per heavy atom. The SMILES string of the molecule is CC1(C)C2=CCCC=C2c2ccc(Nc3ccccc3-c3ccccc3-c3ccccc3-c3ccccc3)cc21. The molecular weight excluding hydrogens is 482 g/mol. The molecule has 0 aromatic heterocycles. The van der Waals surface area contributed by atoms with Gasteiger partial charge in [0.1, 0.15) is 0 Å². The summed E-state index contributed by atoms with van der Waals surface area (Å²) in [5, 5.41) is 3.81. The zero-order valence-electron chi connectivity index (χ0n) is 23.1. The van der Waals surface area contributed by atoms with E-state index in [0.29, 0.717) is 0 Å². The van der Waals surface area contributed by atoms with Crippen LogP contribution in [0.25, 0.3) is 39.0 Å². The van der Waals surface area contributed by atoms with Gasteiger partial charge in [0.25, 0.3) is 0 Å². The second-order valence-electron chi connectivity index (χ2n) is 11.3. The van der Waals surface area contributed by atoms with E-state index in [0.717, 1.165) is 24.2 Å². The molecule has 2 aliphatic carbocycles. The smallest absolute Gasteiger partial charge is 0.0464 e. The molecule has 0 saturated heterocycles. The number of anilines is 2. The summed E-state index contributed by atoms with van der Waals surface area (Å²) in [7, 11) is 0. The number of rotatable bonds is 5. The number of para-hydroxylation sites is 1. The molecule has 2 aliphatic rings. The lowest BCUT2D eigenvalue weighted by Gasteiger charge is -2.24. The minimum Gasteiger partial charge on any atom is -0.355 e. The first-order valence-electron chi connectivity index (χ1n) is 14.3. The van der Waals surface area contributed by atoms with Crippen LogP contribution in [-0.4, -0.2) is 0 Å². The molecule has 5 aromatic rings. The summed E-state index contributed by atoms with van der Waals surface area (Å²) in [5.41, 5.74) is 15.3. The second-order valence-corrected chi connectivity index (χ2v) is 11.3. The second kappa shape index (κ2) is 9.84. The Kier molecular flexibility index (Phi) is 6.01. The Labute approximate surface area is 237 Å². The van der Waals surface area contributed by atoms with Crippen molar-refractivity contribution in [2.75, 3.05) is 5.32 Å². The summed E-state index contributed by atoms with van der Waals surface area (Å²) in [6.07, 6.45) is 7.15. The van der Waals surface area contributed by atoms with E-state index in [-0.39, 0.29) is 5.41 Å². The van der Waals surface area contributed by atoms with Gasteiger partial charge in [0, 0.05) is 22.4 Å². The van der Waals surface area contributed by atoms with Crippen molar-refractivity contribution in [1.82, 2.24) is 0 Å². The van der Waals surface area contributed by atoms with Gasteiger partial charge in [0.05, 0.1) is 0 Å². The maximum atomic E-state index is 3.81. The van der Waals surface area contributed by atoms with E-state index >= 15 is 0 Å². The average molecular weight is 516 g/mol. The normalized spacial score (nSPS) is 15.1. The molecule has 0 amide bonds. The van der Waals surface area contributed by atoms with Crippen LogP contribution in [0.15, 0.2) is 139 Å². The van der Waals surface area contributed by atoms with E-state index in [1.54, 1.807) is 0 Å². The van der Waals surface area contributed by atoms with Crippen molar-refractivity contribution in [3.63, 3.8) is 0 Å². The van der Waals surface area contributed by atoms with E-state index in [4.69, 9.17) is 0 Å². The van der Waals surface area contributed by atoms with Crippen LogP contribution in [0.5, 0.6) is 0 Å². The third-order valence-electron chi connectivity index (χ3n) is 8.54. The molecule has 1 nitrogen and oxygen atoms in total.